The quantitative estimate of drug-likeness (QED) is 0.349. The maximum atomic E-state index is 12.9. The summed E-state index contributed by atoms with van der Waals surface area (Å²) >= 11 is 18.6. The third kappa shape index (κ3) is 5.03. The fourth-order valence-electron chi connectivity index (χ4n) is 3.17. The van der Waals surface area contributed by atoms with E-state index in [1.54, 1.807) is 42.5 Å². The van der Waals surface area contributed by atoms with Crippen molar-refractivity contribution >= 4 is 64.4 Å². The van der Waals surface area contributed by atoms with Crippen molar-refractivity contribution < 1.29 is 19.1 Å². The highest BCUT2D eigenvalue weighted by Crippen LogP contribution is 2.36. The number of carbonyl (C=O) groups is 3. The molecule has 33 heavy (non-hydrogen) atoms. The second-order valence-electron chi connectivity index (χ2n) is 7.02. The van der Waals surface area contributed by atoms with Gasteiger partial charge in [-0.1, -0.05) is 65.1 Å². The number of urea groups is 1. The number of nitrogens with one attached hydrogen (secondary N) is 1. The van der Waals surface area contributed by atoms with E-state index in [-0.39, 0.29) is 28.0 Å². The number of rotatable bonds is 5. The van der Waals surface area contributed by atoms with Crippen LogP contribution in [-0.2, 0) is 16.2 Å². The van der Waals surface area contributed by atoms with E-state index in [1.165, 1.54) is 18.2 Å². The largest absolute Gasteiger partial charge is 0.486 e. The average molecular weight is 502 g/mol. The Morgan fingerprint density at radius 3 is 2.15 bits per heavy atom. The van der Waals surface area contributed by atoms with Crippen LogP contribution in [0.3, 0.4) is 0 Å². The lowest BCUT2D eigenvalue weighted by Crippen LogP contribution is -2.54. The second kappa shape index (κ2) is 9.67. The molecule has 0 unspecified atom stereocenters. The van der Waals surface area contributed by atoms with Gasteiger partial charge in [0.1, 0.15) is 12.2 Å². The summed E-state index contributed by atoms with van der Waals surface area (Å²) in [5, 5.41) is 3.18. The van der Waals surface area contributed by atoms with Crippen LogP contribution in [0.25, 0.3) is 6.08 Å². The van der Waals surface area contributed by atoms with Gasteiger partial charge in [-0.25, -0.2) is 9.69 Å². The zero-order valence-corrected chi connectivity index (χ0v) is 19.1. The van der Waals surface area contributed by atoms with E-state index in [2.05, 4.69) is 5.32 Å². The summed E-state index contributed by atoms with van der Waals surface area (Å²) in [4.78, 5) is 38.5. The standard InChI is InChI=1S/C24H15Cl3N2O4/c25-16-8-6-14(7-9-16)13-33-21-19(26)11-15(12-20(21)27)10-18-22(30)28-24(32)29(23(18)31)17-4-2-1-3-5-17/h1-12H,13H2,(H,28,30,32)/b18-10+. The number of nitrogens with zero attached hydrogens (tertiary/aromatic N) is 1. The Kier molecular flexibility index (Phi) is 6.70. The summed E-state index contributed by atoms with van der Waals surface area (Å²) in [6.07, 6.45) is 1.32. The molecule has 0 aromatic heterocycles. The van der Waals surface area contributed by atoms with Gasteiger partial charge in [0, 0.05) is 5.02 Å². The van der Waals surface area contributed by atoms with E-state index in [4.69, 9.17) is 39.5 Å². The molecule has 3 aromatic rings. The Balaban J connectivity index is 1.60. The number of benzene rings is 3. The number of ether oxygens (including phenoxy) is 1. The monoisotopic (exact) mass is 500 g/mol. The van der Waals surface area contributed by atoms with Gasteiger partial charge in [0.15, 0.2) is 5.75 Å². The number of hydrogen-bond donors (Lipinski definition) is 1. The Labute approximate surface area is 204 Å². The van der Waals surface area contributed by atoms with Gasteiger partial charge in [-0.2, -0.15) is 0 Å². The van der Waals surface area contributed by atoms with Crippen molar-refractivity contribution in [3.8, 4) is 5.75 Å². The molecule has 166 valence electrons. The van der Waals surface area contributed by atoms with E-state index in [1.807, 2.05) is 12.1 Å². The average Bonchev–Trinajstić information content (AvgIpc) is 2.78. The van der Waals surface area contributed by atoms with Gasteiger partial charge in [-0.3, -0.25) is 14.9 Å². The number of imide groups is 2. The SMILES string of the molecule is O=C1NC(=O)N(c2ccccc2)C(=O)/C1=C/c1cc(Cl)c(OCc2ccc(Cl)cc2)c(Cl)c1. The minimum Gasteiger partial charge on any atom is -0.486 e. The van der Waals surface area contributed by atoms with Crippen LogP contribution in [0.2, 0.25) is 15.1 Å². The minimum absolute atomic E-state index is 0.197. The van der Waals surface area contributed by atoms with Gasteiger partial charge in [0.2, 0.25) is 0 Å². The molecule has 0 bridgehead atoms. The molecule has 1 fully saturated rings. The minimum atomic E-state index is -0.824. The van der Waals surface area contributed by atoms with Crippen LogP contribution < -0.4 is 15.0 Å². The first-order valence-electron chi connectivity index (χ1n) is 9.66. The fraction of sp³-hybridized carbons (Fsp3) is 0.0417. The van der Waals surface area contributed by atoms with Gasteiger partial charge in [-0.05, 0) is 53.6 Å². The molecule has 4 amide bonds. The van der Waals surface area contributed by atoms with Crippen LogP contribution in [-0.4, -0.2) is 17.8 Å². The smallest absolute Gasteiger partial charge is 0.335 e. The molecule has 0 aliphatic carbocycles. The molecule has 0 saturated carbocycles. The third-order valence-electron chi connectivity index (χ3n) is 4.74. The van der Waals surface area contributed by atoms with Gasteiger partial charge >= 0.3 is 6.03 Å². The Hall–Kier alpha value is -3.32. The molecule has 1 aliphatic rings. The third-order valence-corrected chi connectivity index (χ3v) is 5.56. The van der Waals surface area contributed by atoms with E-state index < -0.39 is 17.8 Å². The summed E-state index contributed by atoms with van der Waals surface area (Å²) < 4.78 is 5.74. The fourth-order valence-corrected chi connectivity index (χ4v) is 3.91. The van der Waals surface area contributed by atoms with Crippen LogP contribution in [0.1, 0.15) is 11.1 Å². The van der Waals surface area contributed by atoms with Crippen molar-refractivity contribution in [3.05, 3.63) is 98.5 Å². The van der Waals surface area contributed by atoms with Crippen molar-refractivity contribution in [1.29, 1.82) is 0 Å². The highest BCUT2D eigenvalue weighted by atomic mass is 35.5. The van der Waals surface area contributed by atoms with Crippen LogP contribution >= 0.6 is 34.8 Å². The molecule has 1 saturated heterocycles. The van der Waals surface area contributed by atoms with Gasteiger partial charge in [0.05, 0.1) is 15.7 Å². The van der Waals surface area contributed by atoms with Crippen molar-refractivity contribution in [2.75, 3.05) is 4.90 Å². The first-order chi connectivity index (χ1) is 15.8. The zero-order valence-electron chi connectivity index (χ0n) is 16.8. The van der Waals surface area contributed by atoms with Crippen molar-refractivity contribution in [2.45, 2.75) is 6.61 Å². The zero-order chi connectivity index (χ0) is 23.5. The van der Waals surface area contributed by atoms with Crippen LogP contribution in [0.4, 0.5) is 10.5 Å². The summed E-state index contributed by atoms with van der Waals surface area (Å²) in [5.74, 6) is -1.31. The van der Waals surface area contributed by atoms with Crippen LogP contribution in [0.5, 0.6) is 5.75 Å². The molecule has 3 aromatic carbocycles. The van der Waals surface area contributed by atoms with Gasteiger partial charge in [0.25, 0.3) is 11.8 Å². The highest BCUT2D eigenvalue weighted by molar-refractivity contribution is 6.40. The molecule has 1 N–H and O–H groups in total. The number of para-hydroxylation sites is 1. The number of barbiturate groups is 1. The predicted octanol–water partition coefficient (Wildman–Crippen LogP) is 5.89. The maximum Gasteiger partial charge on any atom is 0.335 e. The van der Waals surface area contributed by atoms with Crippen molar-refractivity contribution in [1.82, 2.24) is 5.32 Å². The first kappa shape index (κ1) is 22.9. The van der Waals surface area contributed by atoms with E-state index in [0.29, 0.717) is 16.3 Å². The Morgan fingerprint density at radius 1 is 0.879 bits per heavy atom. The van der Waals surface area contributed by atoms with Crippen LogP contribution in [0, 0.1) is 0 Å². The lowest BCUT2D eigenvalue weighted by molar-refractivity contribution is -0.122. The molecule has 0 radical (unpaired) electrons. The Bertz CT molecular complexity index is 1250. The van der Waals surface area contributed by atoms with Gasteiger partial charge in [-0.15, -0.1) is 0 Å². The first-order valence-corrected chi connectivity index (χ1v) is 10.8. The van der Waals surface area contributed by atoms with E-state index in [9.17, 15) is 14.4 Å². The number of amides is 4. The number of hydrogen-bond acceptors (Lipinski definition) is 4. The summed E-state index contributed by atoms with van der Waals surface area (Å²) in [7, 11) is 0. The lowest BCUT2D eigenvalue weighted by atomic mass is 10.1. The predicted molar refractivity (Wildman–Crippen MR) is 128 cm³/mol. The van der Waals surface area contributed by atoms with Crippen molar-refractivity contribution in [2.24, 2.45) is 0 Å². The molecule has 1 heterocycles. The normalized spacial score (nSPS) is 15.1. The summed E-state index contributed by atoms with van der Waals surface area (Å²) in [6, 6.07) is 17.6. The van der Waals surface area contributed by atoms with E-state index >= 15 is 0 Å². The molecule has 9 heteroatoms. The van der Waals surface area contributed by atoms with Crippen molar-refractivity contribution in [3.63, 3.8) is 0 Å². The van der Waals surface area contributed by atoms with Gasteiger partial charge < -0.3 is 4.74 Å². The molecule has 1 aliphatic heterocycles. The molecule has 4 rings (SSSR count). The second-order valence-corrected chi connectivity index (χ2v) is 8.27. The molecule has 0 atom stereocenters. The maximum absolute atomic E-state index is 12.9. The molecular formula is C24H15Cl3N2O4. The summed E-state index contributed by atoms with van der Waals surface area (Å²) in [5.41, 5.74) is 1.36. The molecule has 0 spiro atoms. The number of halogens is 3. The lowest BCUT2D eigenvalue weighted by Gasteiger charge is -2.26. The number of anilines is 1. The molecule has 6 nitrogen and oxygen atoms in total. The topological polar surface area (TPSA) is 75.7 Å². The molecular weight excluding hydrogens is 487 g/mol. The number of carbonyl (C=O) groups excluding carboxylic acids is 3. The highest BCUT2D eigenvalue weighted by Gasteiger charge is 2.36. The Morgan fingerprint density at radius 2 is 1.52 bits per heavy atom. The van der Waals surface area contributed by atoms with E-state index in [0.717, 1.165) is 10.5 Å². The summed E-state index contributed by atoms with van der Waals surface area (Å²) in [6.45, 7) is 0.214. The van der Waals surface area contributed by atoms with Crippen LogP contribution in [0.15, 0.2) is 72.3 Å².